The van der Waals surface area contributed by atoms with E-state index in [4.69, 9.17) is 4.74 Å². The molecule has 0 aliphatic carbocycles. The summed E-state index contributed by atoms with van der Waals surface area (Å²) in [6.45, 7) is 2.39. The molecule has 0 radical (unpaired) electrons. The SMILES string of the molecule is Cc1nc(COc2ccc(C(=O)Nc3ccc(Br)cc3)cc2)cs1. The minimum Gasteiger partial charge on any atom is -0.487 e. The number of aromatic nitrogens is 1. The van der Waals surface area contributed by atoms with Crippen LogP contribution >= 0.6 is 27.3 Å². The number of amides is 1. The maximum atomic E-state index is 12.2. The number of hydrogen-bond acceptors (Lipinski definition) is 4. The number of hydrogen-bond donors (Lipinski definition) is 1. The summed E-state index contributed by atoms with van der Waals surface area (Å²) in [5.41, 5.74) is 2.24. The first-order chi connectivity index (χ1) is 11.6. The molecule has 0 aliphatic heterocycles. The predicted octanol–water partition coefficient (Wildman–Crippen LogP) is 5.05. The highest BCUT2D eigenvalue weighted by Gasteiger charge is 2.07. The second kappa shape index (κ2) is 7.59. The van der Waals surface area contributed by atoms with Crippen molar-refractivity contribution in [3.8, 4) is 5.75 Å². The number of carbonyl (C=O) groups excluding carboxylic acids is 1. The molecule has 0 saturated carbocycles. The molecule has 24 heavy (non-hydrogen) atoms. The summed E-state index contributed by atoms with van der Waals surface area (Å²) in [5.74, 6) is 0.555. The normalized spacial score (nSPS) is 10.4. The first kappa shape index (κ1) is 16.7. The molecule has 2 aromatic carbocycles. The average Bonchev–Trinajstić information content (AvgIpc) is 3.01. The molecule has 0 bridgehead atoms. The van der Waals surface area contributed by atoms with Crippen LogP contribution in [0.25, 0.3) is 0 Å². The Hall–Kier alpha value is -2.18. The fourth-order valence-electron chi connectivity index (χ4n) is 2.07. The number of ether oxygens (including phenoxy) is 1. The Morgan fingerprint density at radius 1 is 1.17 bits per heavy atom. The lowest BCUT2D eigenvalue weighted by atomic mass is 10.2. The van der Waals surface area contributed by atoms with E-state index in [0.29, 0.717) is 17.9 Å². The van der Waals surface area contributed by atoms with Crippen molar-refractivity contribution in [1.82, 2.24) is 4.98 Å². The second-order valence-corrected chi connectivity index (χ2v) is 7.11. The lowest BCUT2D eigenvalue weighted by molar-refractivity contribution is 0.102. The Morgan fingerprint density at radius 2 is 1.88 bits per heavy atom. The maximum Gasteiger partial charge on any atom is 0.255 e. The van der Waals surface area contributed by atoms with Gasteiger partial charge in [0.1, 0.15) is 12.4 Å². The van der Waals surface area contributed by atoms with Crippen molar-refractivity contribution in [2.24, 2.45) is 0 Å². The van der Waals surface area contributed by atoms with Gasteiger partial charge in [-0.1, -0.05) is 15.9 Å². The lowest BCUT2D eigenvalue weighted by Crippen LogP contribution is -2.11. The molecule has 1 aromatic heterocycles. The molecule has 1 heterocycles. The van der Waals surface area contributed by atoms with E-state index in [9.17, 15) is 4.79 Å². The Bertz CT molecular complexity index is 829. The van der Waals surface area contributed by atoms with Crippen LogP contribution in [0.4, 0.5) is 5.69 Å². The van der Waals surface area contributed by atoms with Crippen molar-refractivity contribution in [2.75, 3.05) is 5.32 Å². The number of benzene rings is 2. The van der Waals surface area contributed by atoms with Gasteiger partial charge in [-0.05, 0) is 55.5 Å². The van der Waals surface area contributed by atoms with Crippen molar-refractivity contribution in [1.29, 1.82) is 0 Å². The minimum atomic E-state index is -0.154. The van der Waals surface area contributed by atoms with Crippen molar-refractivity contribution in [3.05, 3.63) is 74.6 Å². The quantitative estimate of drug-likeness (QED) is 0.649. The molecule has 6 heteroatoms. The predicted molar refractivity (Wildman–Crippen MR) is 99.7 cm³/mol. The van der Waals surface area contributed by atoms with Gasteiger partial charge >= 0.3 is 0 Å². The third kappa shape index (κ3) is 4.43. The van der Waals surface area contributed by atoms with Gasteiger partial charge in [-0.25, -0.2) is 4.98 Å². The topological polar surface area (TPSA) is 51.2 Å². The first-order valence-corrected chi connectivity index (χ1v) is 8.98. The monoisotopic (exact) mass is 402 g/mol. The van der Waals surface area contributed by atoms with Gasteiger partial charge in [-0.15, -0.1) is 11.3 Å². The van der Waals surface area contributed by atoms with Crippen molar-refractivity contribution < 1.29 is 9.53 Å². The third-order valence-electron chi connectivity index (χ3n) is 3.27. The molecule has 0 unspecified atom stereocenters. The standard InChI is InChI=1S/C18H15BrN2O2S/c1-12-20-16(11-24-12)10-23-17-8-2-13(3-9-17)18(22)21-15-6-4-14(19)5-7-15/h2-9,11H,10H2,1H3,(H,21,22). The van der Waals surface area contributed by atoms with E-state index < -0.39 is 0 Å². The lowest BCUT2D eigenvalue weighted by Gasteiger charge is -2.07. The van der Waals surface area contributed by atoms with Gasteiger partial charge in [-0.2, -0.15) is 0 Å². The highest BCUT2D eigenvalue weighted by molar-refractivity contribution is 9.10. The summed E-state index contributed by atoms with van der Waals surface area (Å²) in [6, 6.07) is 14.5. The van der Waals surface area contributed by atoms with Crippen molar-refractivity contribution >= 4 is 38.9 Å². The Balaban J connectivity index is 1.59. The zero-order chi connectivity index (χ0) is 16.9. The van der Waals surface area contributed by atoms with Crippen LogP contribution in [0.2, 0.25) is 0 Å². The molecule has 0 saturated heterocycles. The van der Waals surface area contributed by atoms with Gasteiger partial charge in [0.2, 0.25) is 0 Å². The van der Waals surface area contributed by atoms with Crippen LogP contribution in [0.1, 0.15) is 21.1 Å². The molecule has 1 amide bonds. The molecular weight excluding hydrogens is 388 g/mol. The van der Waals surface area contributed by atoms with Gasteiger partial charge in [0.25, 0.3) is 5.91 Å². The van der Waals surface area contributed by atoms with Crippen LogP contribution < -0.4 is 10.1 Å². The number of nitrogens with one attached hydrogen (secondary N) is 1. The van der Waals surface area contributed by atoms with E-state index in [1.165, 1.54) is 0 Å². The molecule has 0 aliphatic rings. The average molecular weight is 403 g/mol. The maximum absolute atomic E-state index is 12.2. The fraction of sp³-hybridized carbons (Fsp3) is 0.111. The van der Waals surface area contributed by atoms with E-state index in [-0.39, 0.29) is 5.91 Å². The number of aryl methyl sites for hydroxylation is 1. The summed E-state index contributed by atoms with van der Waals surface area (Å²) in [4.78, 5) is 16.6. The van der Waals surface area contributed by atoms with Gasteiger partial charge < -0.3 is 10.1 Å². The van der Waals surface area contributed by atoms with E-state index >= 15 is 0 Å². The van der Waals surface area contributed by atoms with Gasteiger partial charge in [0.05, 0.1) is 10.7 Å². The first-order valence-electron chi connectivity index (χ1n) is 7.31. The molecule has 3 aromatic rings. The molecule has 0 atom stereocenters. The third-order valence-corrected chi connectivity index (χ3v) is 4.62. The summed E-state index contributed by atoms with van der Waals surface area (Å²) in [5, 5.41) is 5.86. The number of thiazole rings is 1. The van der Waals surface area contributed by atoms with Crippen LogP contribution in [-0.2, 0) is 6.61 Å². The van der Waals surface area contributed by atoms with Crippen molar-refractivity contribution in [2.45, 2.75) is 13.5 Å². The Morgan fingerprint density at radius 3 is 2.50 bits per heavy atom. The molecule has 3 rings (SSSR count). The number of halogens is 1. The minimum absolute atomic E-state index is 0.154. The van der Waals surface area contributed by atoms with E-state index in [2.05, 4.69) is 26.2 Å². The second-order valence-electron chi connectivity index (χ2n) is 5.13. The summed E-state index contributed by atoms with van der Waals surface area (Å²) < 4.78 is 6.65. The smallest absolute Gasteiger partial charge is 0.255 e. The van der Waals surface area contributed by atoms with E-state index in [0.717, 1.165) is 20.9 Å². The summed E-state index contributed by atoms with van der Waals surface area (Å²) >= 11 is 4.97. The van der Waals surface area contributed by atoms with Crippen LogP contribution in [0, 0.1) is 6.92 Å². The summed E-state index contributed by atoms with van der Waals surface area (Å²) in [6.07, 6.45) is 0. The molecule has 0 fully saturated rings. The highest BCUT2D eigenvalue weighted by atomic mass is 79.9. The van der Waals surface area contributed by atoms with Gasteiger partial charge in [-0.3, -0.25) is 4.79 Å². The van der Waals surface area contributed by atoms with Crippen molar-refractivity contribution in [3.63, 3.8) is 0 Å². The molecule has 122 valence electrons. The van der Waals surface area contributed by atoms with Crippen LogP contribution in [0.15, 0.2) is 58.4 Å². The van der Waals surface area contributed by atoms with Gasteiger partial charge in [0.15, 0.2) is 0 Å². The number of nitrogens with zero attached hydrogens (tertiary/aromatic N) is 1. The van der Waals surface area contributed by atoms with Crippen LogP contribution in [0.3, 0.4) is 0 Å². The Labute approximate surface area is 152 Å². The zero-order valence-electron chi connectivity index (χ0n) is 13.0. The van der Waals surface area contributed by atoms with E-state index in [1.807, 2.05) is 36.6 Å². The Kier molecular flexibility index (Phi) is 5.27. The molecule has 1 N–H and O–H groups in total. The molecule has 4 nitrogen and oxygen atoms in total. The number of rotatable bonds is 5. The van der Waals surface area contributed by atoms with E-state index in [1.54, 1.807) is 35.6 Å². The van der Waals surface area contributed by atoms with Crippen LogP contribution in [0.5, 0.6) is 5.75 Å². The molecular formula is C18H15BrN2O2S. The van der Waals surface area contributed by atoms with Crippen LogP contribution in [-0.4, -0.2) is 10.9 Å². The number of anilines is 1. The molecule has 0 spiro atoms. The number of carbonyl (C=O) groups is 1. The fourth-order valence-corrected chi connectivity index (χ4v) is 2.93. The summed E-state index contributed by atoms with van der Waals surface area (Å²) in [7, 11) is 0. The highest BCUT2D eigenvalue weighted by Crippen LogP contribution is 2.18. The largest absolute Gasteiger partial charge is 0.487 e. The van der Waals surface area contributed by atoms with Gasteiger partial charge in [0, 0.05) is 21.1 Å². The zero-order valence-corrected chi connectivity index (χ0v) is 15.4.